The summed E-state index contributed by atoms with van der Waals surface area (Å²) >= 11 is 3.40. The molecule has 0 fully saturated rings. The van der Waals surface area contributed by atoms with Gasteiger partial charge < -0.3 is 14.6 Å². The number of hydrogen-bond acceptors (Lipinski definition) is 3. The van der Waals surface area contributed by atoms with E-state index in [1.54, 1.807) is 0 Å². The second-order valence-corrected chi connectivity index (χ2v) is 9.07. The van der Waals surface area contributed by atoms with E-state index >= 15 is 0 Å². The maximum atomic E-state index is 12.4. The highest BCUT2D eigenvalue weighted by molar-refractivity contribution is 9.10. The first-order chi connectivity index (χ1) is 16.0. The summed E-state index contributed by atoms with van der Waals surface area (Å²) in [5.41, 5.74) is 5.08. The molecule has 0 bridgehead atoms. The van der Waals surface area contributed by atoms with Gasteiger partial charge in [0.15, 0.2) is 0 Å². The van der Waals surface area contributed by atoms with Gasteiger partial charge in [0.1, 0.15) is 11.6 Å². The van der Waals surface area contributed by atoms with E-state index in [0.717, 1.165) is 45.6 Å². The Bertz CT molecular complexity index is 1250. The fraction of sp³-hybridized carbons (Fsp3) is 0.259. The zero-order valence-electron chi connectivity index (χ0n) is 19.0. The molecule has 0 aliphatic heterocycles. The van der Waals surface area contributed by atoms with Crippen LogP contribution in [0.3, 0.4) is 0 Å². The van der Waals surface area contributed by atoms with Crippen LogP contribution in [0.25, 0.3) is 11.0 Å². The molecule has 4 rings (SSSR count). The molecule has 5 nitrogen and oxygen atoms in total. The van der Waals surface area contributed by atoms with Gasteiger partial charge in [0.05, 0.1) is 17.6 Å². The number of nitrogens with one attached hydrogen (secondary N) is 1. The van der Waals surface area contributed by atoms with E-state index in [4.69, 9.17) is 9.72 Å². The lowest BCUT2D eigenvalue weighted by molar-refractivity contribution is 0.0954. The number of benzene rings is 3. The Morgan fingerprint density at radius 1 is 1.06 bits per heavy atom. The molecule has 0 unspecified atom stereocenters. The number of carbonyl (C=O) groups is 1. The van der Waals surface area contributed by atoms with Crippen molar-refractivity contribution in [1.29, 1.82) is 0 Å². The number of aryl methyl sites for hydroxylation is 3. The topological polar surface area (TPSA) is 56.1 Å². The molecule has 1 heterocycles. The van der Waals surface area contributed by atoms with Gasteiger partial charge >= 0.3 is 0 Å². The molecule has 0 radical (unpaired) electrons. The van der Waals surface area contributed by atoms with E-state index in [9.17, 15) is 4.79 Å². The number of nitrogens with zero attached hydrogens (tertiary/aromatic N) is 2. The highest BCUT2D eigenvalue weighted by Gasteiger charge is 2.12. The Labute approximate surface area is 202 Å². The number of aromatic nitrogens is 2. The molecule has 33 heavy (non-hydrogen) atoms. The Balaban J connectivity index is 1.38. The van der Waals surface area contributed by atoms with E-state index in [2.05, 4.69) is 63.9 Å². The molecule has 0 atom stereocenters. The van der Waals surface area contributed by atoms with Crippen molar-refractivity contribution in [3.63, 3.8) is 0 Å². The van der Waals surface area contributed by atoms with Crippen LogP contribution in [0.4, 0.5) is 0 Å². The summed E-state index contributed by atoms with van der Waals surface area (Å²) in [5, 5.41) is 3.01. The van der Waals surface area contributed by atoms with Crippen LogP contribution in [0, 0.1) is 13.8 Å². The van der Waals surface area contributed by atoms with Crippen LogP contribution in [-0.2, 0) is 13.0 Å². The summed E-state index contributed by atoms with van der Waals surface area (Å²) in [5.74, 6) is 1.84. The van der Waals surface area contributed by atoms with E-state index in [-0.39, 0.29) is 5.91 Å². The largest absolute Gasteiger partial charge is 0.493 e. The zero-order valence-corrected chi connectivity index (χ0v) is 20.6. The van der Waals surface area contributed by atoms with Crippen molar-refractivity contribution in [2.45, 2.75) is 33.2 Å². The van der Waals surface area contributed by atoms with Crippen molar-refractivity contribution in [2.75, 3.05) is 13.2 Å². The number of rotatable bonds is 9. The van der Waals surface area contributed by atoms with Gasteiger partial charge in [-0.1, -0.05) is 40.2 Å². The Morgan fingerprint density at radius 2 is 1.85 bits per heavy atom. The highest BCUT2D eigenvalue weighted by atomic mass is 79.9. The fourth-order valence-corrected chi connectivity index (χ4v) is 4.09. The second-order valence-electron chi connectivity index (χ2n) is 8.15. The smallest absolute Gasteiger partial charge is 0.251 e. The van der Waals surface area contributed by atoms with Gasteiger partial charge in [0.2, 0.25) is 0 Å². The molecule has 0 spiro atoms. The van der Waals surface area contributed by atoms with Gasteiger partial charge in [-0.2, -0.15) is 0 Å². The maximum Gasteiger partial charge on any atom is 0.251 e. The fourth-order valence-electron chi connectivity index (χ4n) is 3.82. The molecular weight excluding hydrogens is 478 g/mol. The van der Waals surface area contributed by atoms with Crippen LogP contribution in [-0.4, -0.2) is 28.6 Å². The van der Waals surface area contributed by atoms with Crippen molar-refractivity contribution >= 4 is 32.9 Å². The first-order valence-electron chi connectivity index (χ1n) is 11.2. The maximum absolute atomic E-state index is 12.4. The molecule has 4 aromatic rings. The number of amides is 1. The molecule has 0 aliphatic carbocycles. The Morgan fingerprint density at radius 3 is 2.67 bits per heavy atom. The van der Waals surface area contributed by atoms with Crippen molar-refractivity contribution in [3.8, 4) is 5.75 Å². The first kappa shape index (κ1) is 23.1. The number of para-hydroxylation sites is 2. The number of halogens is 1. The highest BCUT2D eigenvalue weighted by Crippen LogP contribution is 2.20. The summed E-state index contributed by atoms with van der Waals surface area (Å²) in [4.78, 5) is 17.3. The van der Waals surface area contributed by atoms with Crippen LogP contribution in [0.1, 0.15) is 33.7 Å². The molecule has 1 N–H and O–H groups in total. The molecule has 0 aliphatic rings. The van der Waals surface area contributed by atoms with Crippen LogP contribution in [0.2, 0.25) is 0 Å². The average Bonchev–Trinajstić information content (AvgIpc) is 3.16. The normalized spacial score (nSPS) is 11.0. The third kappa shape index (κ3) is 5.82. The SMILES string of the molecule is Cc1ccc(C)c(OCCCn2c(CCNC(=O)c3ccc(Br)cc3)nc3ccccc32)c1. The quantitative estimate of drug-likeness (QED) is 0.290. The predicted octanol–water partition coefficient (Wildman–Crippen LogP) is 5.86. The third-order valence-corrected chi connectivity index (χ3v) is 6.13. The van der Waals surface area contributed by atoms with Crippen LogP contribution < -0.4 is 10.1 Å². The summed E-state index contributed by atoms with van der Waals surface area (Å²) in [7, 11) is 0. The number of carbonyl (C=O) groups excluding carboxylic acids is 1. The van der Waals surface area contributed by atoms with E-state index in [1.807, 2.05) is 42.5 Å². The minimum Gasteiger partial charge on any atom is -0.493 e. The third-order valence-electron chi connectivity index (χ3n) is 5.60. The second kappa shape index (κ2) is 10.7. The van der Waals surface area contributed by atoms with Crippen LogP contribution in [0.5, 0.6) is 5.75 Å². The van der Waals surface area contributed by atoms with Crippen LogP contribution >= 0.6 is 15.9 Å². The molecule has 6 heteroatoms. The molecule has 0 saturated heterocycles. The predicted molar refractivity (Wildman–Crippen MR) is 136 cm³/mol. The van der Waals surface area contributed by atoms with E-state index in [0.29, 0.717) is 25.1 Å². The van der Waals surface area contributed by atoms with Gasteiger partial charge in [0.25, 0.3) is 5.91 Å². The molecule has 0 saturated carbocycles. The summed E-state index contributed by atoms with van der Waals surface area (Å²) in [6, 6.07) is 21.8. The van der Waals surface area contributed by atoms with Gasteiger partial charge in [-0.15, -0.1) is 0 Å². The van der Waals surface area contributed by atoms with Gasteiger partial charge in [-0.25, -0.2) is 4.98 Å². The summed E-state index contributed by atoms with van der Waals surface area (Å²) in [6.07, 6.45) is 1.53. The number of imidazole rings is 1. The van der Waals surface area contributed by atoms with Gasteiger partial charge in [0, 0.05) is 29.5 Å². The van der Waals surface area contributed by atoms with Crippen molar-refractivity contribution in [3.05, 3.63) is 93.7 Å². The molecule has 1 aromatic heterocycles. The van der Waals surface area contributed by atoms with Crippen molar-refractivity contribution in [2.24, 2.45) is 0 Å². The van der Waals surface area contributed by atoms with Gasteiger partial charge in [-0.05, 0) is 73.9 Å². The Hall–Kier alpha value is -3.12. The minimum atomic E-state index is -0.0768. The number of fused-ring (bicyclic) bond motifs is 1. The van der Waals surface area contributed by atoms with Gasteiger partial charge in [-0.3, -0.25) is 4.79 Å². The molecule has 170 valence electrons. The monoisotopic (exact) mass is 505 g/mol. The first-order valence-corrected chi connectivity index (χ1v) is 12.0. The average molecular weight is 506 g/mol. The number of hydrogen-bond donors (Lipinski definition) is 1. The summed E-state index contributed by atoms with van der Waals surface area (Å²) in [6.45, 7) is 6.11. The summed E-state index contributed by atoms with van der Waals surface area (Å²) < 4.78 is 9.24. The standard InChI is InChI=1S/C27H28BrN3O2/c1-19-8-9-20(2)25(18-19)33-17-5-16-31-24-7-4-3-6-23(24)30-26(31)14-15-29-27(32)21-10-12-22(28)13-11-21/h3-4,6-13,18H,5,14-17H2,1-2H3,(H,29,32). The lowest BCUT2D eigenvalue weighted by atomic mass is 10.1. The van der Waals surface area contributed by atoms with Crippen molar-refractivity contribution < 1.29 is 9.53 Å². The van der Waals surface area contributed by atoms with Crippen molar-refractivity contribution in [1.82, 2.24) is 14.9 Å². The zero-order chi connectivity index (χ0) is 23.2. The number of ether oxygens (including phenoxy) is 1. The Kier molecular flexibility index (Phi) is 7.45. The lowest BCUT2D eigenvalue weighted by Crippen LogP contribution is -2.26. The van der Waals surface area contributed by atoms with Crippen LogP contribution in [0.15, 0.2) is 71.2 Å². The minimum absolute atomic E-state index is 0.0768. The molecular formula is C27H28BrN3O2. The lowest BCUT2D eigenvalue weighted by Gasteiger charge is -2.12. The van der Waals surface area contributed by atoms with E-state index in [1.165, 1.54) is 5.56 Å². The molecule has 1 amide bonds. The van der Waals surface area contributed by atoms with E-state index < -0.39 is 0 Å². The molecule has 3 aromatic carbocycles.